The molecule has 0 spiro atoms. The molecule has 100 valence electrons. The van der Waals surface area contributed by atoms with Gasteiger partial charge in [-0.25, -0.2) is 13.1 Å². The Bertz CT molecular complexity index is 513. The fourth-order valence-electron chi connectivity index (χ4n) is 1.28. The average molecular weight is 286 g/mol. The predicted octanol–water partition coefficient (Wildman–Crippen LogP) is 1.77. The highest BCUT2D eigenvalue weighted by Crippen LogP contribution is 2.16. The van der Waals surface area contributed by atoms with Gasteiger partial charge in [0, 0.05) is 23.7 Å². The van der Waals surface area contributed by atoms with E-state index in [-0.39, 0.29) is 4.90 Å². The fraction of sp³-hybridized carbons (Fsp3) is 0.333. The van der Waals surface area contributed by atoms with Crippen LogP contribution in [0.4, 0.5) is 5.69 Å². The first-order chi connectivity index (χ1) is 8.47. The van der Waals surface area contributed by atoms with E-state index >= 15 is 0 Å². The van der Waals surface area contributed by atoms with Gasteiger partial charge in [-0.3, -0.25) is 0 Å². The van der Waals surface area contributed by atoms with Crippen LogP contribution in [0.5, 0.6) is 0 Å². The molecular weight excluding hydrogens is 268 g/mol. The molecule has 0 bridgehead atoms. The molecule has 0 radical (unpaired) electrons. The fourth-order valence-corrected chi connectivity index (χ4v) is 3.06. The van der Waals surface area contributed by atoms with Crippen molar-refractivity contribution in [3.05, 3.63) is 36.4 Å². The van der Waals surface area contributed by atoms with Crippen molar-refractivity contribution in [1.82, 2.24) is 4.72 Å². The number of nitrogen functional groups attached to an aromatic ring is 1. The second kappa shape index (κ2) is 6.82. The molecule has 1 aromatic rings. The van der Waals surface area contributed by atoms with Crippen LogP contribution in [-0.4, -0.2) is 26.5 Å². The average Bonchev–Trinajstić information content (AvgIpc) is 2.32. The molecule has 0 saturated heterocycles. The zero-order chi connectivity index (χ0) is 13.6. The van der Waals surface area contributed by atoms with Crippen LogP contribution in [0, 0.1) is 6.92 Å². The smallest absolute Gasteiger partial charge is 0.240 e. The minimum atomic E-state index is -3.46. The Hall–Kier alpha value is -0.980. The molecule has 0 fully saturated rings. The van der Waals surface area contributed by atoms with Crippen molar-refractivity contribution < 1.29 is 8.42 Å². The number of aryl methyl sites for hydroxylation is 1. The zero-order valence-electron chi connectivity index (χ0n) is 10.3. The standard InChI is InChI=1S/C12H18N2O2S2/c1-3-7-17-8-6-14-18(15,16)11-5-4-10(2)12(13)9-11/h3-5,9,14H,1,6-8,13H2,2H3. The maximum Gasteiger partial charge on any atom is 0.240 e. The Morgan fingerprint density at radius 3 is 2.83 bits per heavy atom. The first-order valence-corrected chi connectivity index (χ1v) is 8.15. The van der Waals surface area contributed by atoms with Crippen molar-refractivity contribution >= 4 is 27.5 Å². The molecule has 0 heterocycles. The van der Waals surface area contributed by atoms with E-state index in [1.165, 1.54) is 6.07 Å². The van der Waals surface area contributed by atoms with Gasteiger partial charge in [-0.15, -0.1) is 6.58 Å². The summed E-state index contributed by atoms with van der Waals surface area (Å²) in [7, 11) is -3.46. The summed E-state index contributed by atoms with van der Waals surface area (Å²) in [6.45, 7) is 5.84. The number of anilines is 1. The maximum absolute atomic E-state index is 11.9. The van der Waals surface area contributed by atoms with E-state index < -0.39 is 10.0 Å². The molecule has 0 aliphatic rings. The third kappa shape index (κ3) is 4.36. The van der Waals surface area contributed by atoms with Gasteiger partial charge in [-0.1, -0.05) is 12.1 Å². The molecule has 4 nitrogen and oxygen atoms in total. The highest BCUT2D eigenvalue weighted by Gasteiger charge is 2.13. The van der Waals surface area contributed by atoms with E-state index in [1.54, 1.807) is 30.0 Å². The summed E-state index contributed by atoms with van der Waals surface area (Å²) in [5.74, 6) is 1.53. The lowest BCUT2D eigenvalue weighted by molar-refractivity contribution is 0.584. The van der Waals surface area contributed by atoms with E-state index in [9.17, 15) is 8.42 Å². The molecule has 3 N–H and O–H groups in total. The molecule has 0 atom stereocenters. The number of hydrogen-bond donors (Lipinski definition) is 2. The maximum atomic E-state index is 11.9. The topological polar surface area (TPSA) is 72.2 Å². The van der Waals surface area contributed by atoms with Crippen LogP contribution in [-0.2, 0) is 10.0 Å². The second-order valence-electron chi connectivity index (χ2n) is 3.78. The van der Waals surface area contributed by atoms with E-state index in [0.29, 0.717) is 18.0 Å². The zero-order valence-corrected chi connectivity index (χ0v) is 12.0. The summed E-state index contributed by atoms with van der Waals surface area (Å²) in [5, 5.41) is 0. The number of sulfonamides is 1. The Morgan fingerprint density at radius 2 is 2.22 bits per heavy atom. The Labute approximate surface area is 113 Å². The third-order valence-corrected chi connectivity index (χ3v) is 4.76. The van der Waals surface area contributed by atoms with Crippen LogP contribution in [0.2, 0.25) is 0 Å². The first kappa shape index (κ1) is 15.1. The van der Waals surface area contributed by atoms with Gasteiger partial charge in [0.25, 0.3) is 0 Å². The van der Waals surface area contributed by atoms with Gasteiger partial charge in [0.1, 0.15) is 0 Å². The summed E-state index contributed by atoms with van der Waals surface area (Å²) in [6, 6.07) is 4.75. The van der Waals surface area contributed by atoms with Crippen molar-refractivity contribution in [2.24, 2.45) is 0 Å². The highest BCUT2D eigenvalue weighted by atomic mass is 32.2. The first-order valence-electron chi connectivity index (χ1n) is 5.52. The minimum Gasteiger partial charge on any atom is -0.398 e. The minimum absolute atomic E-state index is 0.208. The van der Waals surface area contributed by atoms with Crippen LogP contribution < -0.4 is 10.5 Å². The Kier molecular flexibility index (Phi) is 5.71. The summed E-state index contributed by atoms with van der Waals surface area (Å²) >= 11 is 1.63. The van der Waals surface area contributed by atoms with E-state index in [0.717, 1.165) is 11.3 Å². The van der Waals surface area contributed by atoms with E-state index in [2.05, 4.69) is 11.3 Å². The van der Waals surface area contributed by atoms with Crippen molar-refractivity contribution in [3.63, 3.8) is 0 Å². The van der Waals surface area contributed by atoms with Crippen LogP contribution in [0.15, 0.2) is 35.7 Å². The second-order valence-corrected chi connectivity index (χ2v) is 6.70. The van der Waals surface area contributed by atoms with Gasteiger partial charge < -0.3 is 5.73 Å². The lowest BCUT2D eigenvalue weighted by Crippen LogP contribution is -2.26. The van der Waals surface area contributed by atoms with Gasteiger partial charge in [-0.05, 0) is 24.6 Å². The van der Waals surface area contributed by atoms with Gasteiger partial charge >= 0.3 is 0 Å². The van der Waals surface area contributed by atoms with Crippen molar-refractivity contribution in [1.29, 1.82) is 0 Å². The van der Waals surface area contributed by atoms with Crippen LogP contribution >= 0.6 is 11.8 Å². The number of hydrogen-bond acceptors (Lipinski definition) is 4. The van der Waals surface area contributed by atoms with Gasteiger partial charge in [0.15, 0.2) is 0 Å². The summed E-state index contributed by atoms with van der Waals surface area (Å²) in [5.41, 5.74) is 7.06. The molecule has 0 aromatic heterocycles. The predicted molar refractivity (Wildman–Crippen MR) is 78.3 cm³/mol. The summed E-state index contributed by atoms with van der Waals surface area (Å²) < 4.78 is 26.4. The van der Waals surface area contributed by atoms with Crippen LogP contribution in [0.25, 0.3) is 0 Å². The molecule has 6 heteroatoms. The van der Waals surface area contributed by atoms with E-state index in [4.69, 9.17) is 5.73 Å². The van der Waals surface area contributed by atoms with Crippen molar-refractivity contribution in [3.8, 4) is 0 Å². The molecule has 1 rings (SSSR count). The molecule has 0 saturated carbocycles. The van der Waals surface area contributed by atoms with E-state index in [1.807, 2.05) is 6.92 Å². The highest BCUT2D eigenvalue weighted by molar-refractivity contribution is 7.99. The molecule has 1 aromatic carbocycles. The monoisotopic (exact) mass is 286 g/mol. The SMILES string of the molecule is C=CCSCCNS(=O)(=O)c1ccc(C)c(N)c1. The lowest BCUT2D eigenvalue weighted by atomic mass is 10.2. The molecular formula is C12H18N2O2S2. The molecule has 18 heavy (non-hydrogen) atoms. The molecule has 0 unspecified atom stereocenters. The third-order valence-electron chi connectivity index (χ3n) is 2.34. The largest absolute Gasteiger partial charge is 0.398 e. The molecule has 0 amide bonds. The van der Waals surface area contributed by atoms with Gasteiger partial charge in [-0.2, -0.15) is 11.8 Å². The van der Waals surface area contributed by atoms with Gasteiger partial charge in [0.05, 0.1) is 4.90 Å². The summed E-state index contributed by atoms with van der Waals surface area (Å²) in [6.07, 6.45) is 1.79. The summed E-state index contributed by atoms with van der Waals surface area (Å²) in [4.78, 5) is 0.208. The molecule has 0 aliphatic carbocycles. The number of nitrogens with one attached hydrogen (secondary N) is 1. The number of nitrogens with two attached hydrogens (primary N) is 1. The number of rotatable bonds is 7. The van der Waals surface area contributed by atoms with Crippen LogP contribution in [0.3, 0.4) is 0 Å². The van der Waals surface area contributed by atoms with Crippen LogP contribution in [0.1, 0.15) is 5.56 Å². The van der Waals surface area contributed by atoms with Crippen molar-refractivity contribution in [2.45, 2.75) is 11.8 Å². The Morgan fingerprint density at radius 1 is 1.50 bits per heavy atom. The quantitative estimate of drug-likeness (QED) is 0.455. The van der Waals surface area contributed by atoms with Crippen molar-refractivity contribution in [2.75, 3.05) is 23.8 Å². The number of benzene rings is 1. The normalized spacial score (nSPS) is 11.4. The van der Waals surface area contributed by atoms with Gasteiger partial charge in [0.2, 0.25) is 10.0 Å². The number of thioether (sulfide) groups is 1. The Balaban J connectivity index is 2.62. The lowest BCUT2D eigenvalue weighted by Gasteiger charge is -2.08. The molecule has 0 aliphatic heterocycles.